The van der Waals surface area contributed by atoms with E-state index in [4.69, 9.17) is 17.0 Å². The number of hydrogen-bond donors (Lipinski definition) is 1. The summed E-state index contributed by atoms with van der Waals surface area (Å²) in [6.45, 7) is 6.98. The normalized spacial score (nSPS) is 18.5. The molecule has 1 heterocycles. The summed E-state index contributed by atoms with van der Waals surface area (Å²) >= 11 is 5.44. The first-order chi connectivity index (χ1) is 9.13. The lowest BCUT2D eigenvalue weighted by atomic mass is 9.83. The molecule has 1 saturated carbocycles. The molecule has 3 nitrogen and oxygen atoms in total. The average molecular weight is 280 g/mol. The highest BCUT2D eigenvalue weighted by Crippen LogP contribution is 2.39. The van der Waals surface area contributed by atoms with Crippen molar-refractivity contribution in [2.75, 3.05) is 6.61 Å². The first-order valence-electron chi connectivity index (χ1n) is 7.37. The van der Waals surface area contributed by atoms with Crippen LogP contribution in [0.25, 0.3) is 0 Å². The van der Waals surface area contributed by atoms with Gasteiger partial charge < -0.3 is 9.72 Å². The second kappa shape index (κ2) is 6.14. The minimum atomic E-state index is -0.239. The summed E-state index contributed by atoms with van der Waals surface area (Å²) in [6.07, 6.45) is 6.72. The first kappa shape index (κ1) is 14.7. The summed E-state index contributed by atoms with van der Waals surface area (Å²) in [5.41, 5.74) is 2.06. The molecule has 1 N–H and O–H groups in total. The average Bonchev–Trinajstić information content (AvgIpc) is 2.40. The standard InChI is InChI=1S/C15H24N2OS/c1-4-12-11(3)16-14(17-13(12)19)15(18-5-2)9-7-6-8-10-15/h4-10H2,1-3H3,(H,16,17,19). The van der Waals surface area contributed by atoms with Crippen molar-refractivity contribution in [1.82, 2.24) is 9.97 Å². The van der Waals surface area contributed by atoms with Gasteiger partial charge >= 0.3 is 0 Å². The highest BCUT2D eigenvalue weighted by Gasteiger charge is 2.37. The molecule has 0 saturated heterocycles. The van der Waals surface area contributed by atoms with Crippen LogP contribution in [0.15, 0.2) is 0 Å². The lowest BCUT2D eigenvalue weighted by Crippen LogP contribution is -2.35. The Kier molecular flexibility index (Phi) is 4.74. The lowest BCUT2D eigenvalue weighted by molar-refractivity contribution is -0.0768. The zero-order valence-electron chi connectivity index (χ0n) is 12.2. The number of ether oxygens (including phenoxy) is 1. The summed E-state index contributed by atoms with van der Waals surface area (Å²) in [7, 11) is 0. The van der Waals surface area contributed by atoms with Gasteiger partial charge in [-0.25, -0.2) is 4.98 Å². The van der Waals surface area contributed by atoms with E-state index in [0.29, 0.717) is 0 Å². The molecule has 0 atom stereocenters. The molecule has 0 aliphatic heterocycles. The summed E-state index contributed by atoms with van der Waals surface area (Å²) in [6, 6.07) is 0. The third-order valence-electron chi connectivity index (χ3n) is 4.10. The molecule has 1 aromatic heterocycles. The molecule has 0 radical (unpaired) electrons. The van der Waals surface area contributed by atoms with Crippen LogP contribution in [0.2, 0.25) is 0 Å². The number of aromatic nitrogens is 2. The number of nitrogens with one attached hydrogen (secondary N) is 1. The number of H-pyrrole nitrogens is 1. The number of aromatic amines is 1. The van der Waals surface area contributed by atoms with Crippen molar-refractivity contribution in [3.8, 4) is 0 Å². The molecule has 1 fully saturated rings. The van der Waals surface area contributed by atoms with Crippen molar-refractivity contribution in [3.63, 3.8) is 0 Å². The summed E-state index contributed by atoms with van der Waals surface area (Å²) in [5, 5.41) is 0. The number of rotatable bonds is 4. The van der Waals surface area contributed by atoms with Crippen molar-refractivity contribution in [2.24, 2.45) is 0 Å². The van der Waals surface area contributed by atoms with Crippen molar-refractivity contribution in [3.05, 3.63) is 21.7 Å². The van der Waals surface area contributed by atoms with Gasteiger partial charge in [-0.15, -0.1) is 0 Å². The van der Waals surface area contributed by atoms with Gasteiger partial charge in [-0.2, -0.15) is 0 Å². The van der Waals surface area contributed by atoms with Crippen molar-refractivity contribution in [2.45, 2.75) is 64.9 Å². The van der Waals surface area contributed by atoms with Crippen LogP contribution >= 0.6 is 12.2 Å². The van der Waals surface area contributed by atoms with E-state index in [9.17, 15) is 0 Å². The van der Waals surface area contributed by atoms with Crippen molar-refractivity contribution < 1.29 is 4.74 Å². The molecular formula is C15H24N2OS. The molecule has 106 valence electrons. The van der Waals surface area contributed by atoms with E-state index in [0.717, 1.165) is 47.6 Å². The van der Waals surface area contributed by atoms with Gasteiger partial charge in [0, 0.05) is 17.9 Å². The molecule has 0 amide bonds. The summed E-state index contributed by atoms with van der Waals surface area (Å²) < 4.78 is 6.83. The minimum absolute atomic E-state index is 0.239. The van der Waals surface area contributed by atoms with Gasteiger partial charge in [-0.3, -0.25) is 0 Å². The fraction of sp³-hybridized carbons (Fsp3) is 0.733. The van der Waals surface area contributed by atoms with Crippen LogP contribution in [0.5, 0.6) is 0 Å². The maximum Gasteiger partial charge on any atom is 0.140 e. The SMILES string of the molecule is CCOC1(c2nc(=S)c(CC)c(C)[nH]2)CCCCC1. The Labute approximate surface area is 120 Å². The van der Waals surface area contributed by atoms with Crippen LogP contribution in [0, 0.1) is 11.6 Å². The summed E-state index contributed by atoms with van der Waals surface area (Å²) in [4.78, 5) is 8.11. The fourth-order valence-electron chi connectivity index (χ4n) is 3.09. The molecule has 0 unspecified atom stereocenters. The fourth-order valence-corrected chi connectivity index (χ4v) is 3.48. The smallest absolute Gasteiger partial charge is 0.140 e. The molecule has 19 heavy (non-hydrogen) atoms. The first-order valence-corrected chi connectivity index (χ1v) is 7.78. The Hall–Kier alpha value is -0.740. The number of nitrogens with zero attached hydrogens (tertiary/aromatic N) is 1. The van der Waals surface area contributed by atoms with E-state index in [-0.39, 0.29) is 5.60 Å². The zero-order chi connectivity index (χ0) is 13.9. The Balaban J connectivity index is 2.45. The Morgan fingerprint density at radius 2 is 1.95 bits per heavy atom. The van der Waals surface area contributed by atoms with Crippen LogP contribution in [-0.2, 0) is 16.8 Å². The molecule has 0 bridgehead atoms. The minimum Gasteiger partial charge on any atom is -0.367 e. The molecule has 0 spiro atoms. The lowest BCUT2D eigenvalue weighted by Gasteiger charge is -2.36. The van der Waals surface area contributed by atoms with Crippen molar-refractivity contribution in [1.29, 1.82) is 0 Å². The molecule has 1 aromatic rings. The molecule has 1 aliphatic rings. The highest BCUT2D eigenvalue weighted by atomic mass is 32.1. The Morgan fingerprint density at radius 1 is 1.26 bits per heavy atom. The van der Waals surface area contributed by atoms with E-state index in [2.05, 4.69) is 30.7 Å². The zero-order valence-corrected chi connectivity index (χ0v) is 13.0. The third kappa shape index (κ3) is 2.90. The second-order valence-electron chi connectivity index (χ2n) is 5.34. The van der Waals surface area contributed by atoms with E-state index in [1.165, 1.54) is 19.3 Å². The number of hydrogen-bond acceptors (Lipinski definition) is 3. The van der Waals surface area contributed by atoms with Crippen LogP contribution in [-0.4, -0.2) is 16.6 Å². The largest absolute Gasteiger partial charge is 0.367 e. The predicted octanol–water partition coefficient (Wildman–Crippen LogP) is 4.21. The van der Waals surface area contributed by atoms with Crippen LogP contribution in [0.1, 0.15) is 63.0 Å². The van der Waals surface area contributed by atoms with Gasteiger partial charge in [0.25, 0.3) is 0 Å². The third-order valence-corrected chi connectivity index (χ3v) is 4.43. The number of aryl methyl sites for hydroxylation is 1. The predicted molar refractivity (Wildman–Crippen MR) is 79.9 cm³/mol. The van der Waals surface area contributed by atoms with Gasteiger partial charge in [-0.05, 0) is 33.1 Å². The Bertz CT molecular complexity index is 484. The molecule has 0 aromatic carbocycles. The summed E-state index contributed by atoms with van der Waals surface area (Å²) in [5.74, 6) is 0.939. The maximum absolute atomic E-state index is 6.10. The van der Waals surface area contributed by atoms with Crippen molar-refractivity contribution >= 4 is 12.2 Å². The van der Waals surface area contributed by atoms with Gasteiger partial charge in [0.2, 0.25) is 0 Å². The van der Waals surface area contributed by atoms with Crippen LogP contribution in [0.3, 0.4) is 0 Å². The molecular weight excluding hydrogens is 256 g/mol. The second-order valence-corrected chi connectivity index (χ2v) is 5.72. The Morgan fingerprint density at radius 3 is 2.47 bits per heavy atom. The maximum atomic E-state index is 6.10. The van der Waals surface area contributed by atoms with E-state index in [1.54, 1.807) is 0 Å². The van der Waals surface area contributed by atoms with Crippen LogP contribution < -0.4 is 0 Å². The molecule has 1 aliphatic carbocycles. The van der Waals surface area contributed by atoms with E-state index in [1.807, 2.05) is 0 Å². The monoisotopic (exact) mass is 280 g/mol. The van der Waals surface area contributed by atoms with Gasteiger partial charge in [-0.1, -0.05) is 38.4 Å². The quantitative estimate of drug-likeness (QED) is 0.840. The topological polar surface area (TPSA) is 37.9 Å². The van der Waals surface area contributed by atoms with Gasteiger partial charge in [0.05, 0.1) is 0 Å². The molecule has 4 heteroatoms. The van der Waals surface area contributed by atoms with E-state index < -0.39 is 0 Å². The van der Waals surface area contributed by atoms with Gasteiger partial charge in [0.15, 0.2) is 0 Å². The highest BCUT2D eigenvalue weighted by molar-refractivity contribution is 7.71. The van der Waals surface area contributed by atoms with Gasteiger partial charge in [0.1, 0.15) is 16.1 Å². The van der Waals surface area contributed by atoms with Crippen LogP contribution in [0.4, 0.5) is 0 Å². The van der Waals surface area contributed by atoms with E-state index >= 15 is 0 Å². The molecule has 2 rings (SSSR count).